The maximum absolute atomic E-state index is 12.7. The van der Waals surface area contributed by atoms with E-state index >= 15 is 0 Å². The molecule has 1 aromatic heterocycles. The van der Waals surface area contributed by atoms with Crippen molar-refractivity contribution in [2.75, 3.05) is 31.5 Å². The first-order valence-corrected chi connectivity index (χ1v) is 10.9. The monoisotopic (exact) mass is 459 g/mol. The lowest BCUT2D eigenvalue weighted by Crippen LogP contribution is -2.52. The average Bonchev–Trinajstić information content (AvgIpc) is 3.25. The van der Waals surface area contributed by atoms with Gasteiger partial charge in [-0.15, -0.1) is 0 Å². The topological polar surface area (TPSA) is 74.5 Å². The normalized spacial score (nSPS) is 16.2. The van der Waals surface area contributed by atoms with Crippen LogP contribution in [0, 0.1) is 0 Å². The second-order valence-corrected chi connectivity index (χ2v) is 8.32. The summed E-state index contributed by atoms with van der Waals surface area (Å²) in [5, 5.41) is 7.92. The highest BCUT2D eigenvalue weighted by Crippen LogP contribution is 2.26. The molecular weight excluding hydrogens is 437 g/mol. The van der Waals surface area contributed by atoms with Gasteiger partial charge in [-0.1, -0.05) is 58.7 Å². The Kier molecular flexibility index (Phi) is 6.87. The Morgan fingerprint density at radius 1 is 1.13 bits per heavy atom. The predicted octanol–water partition coefficient (Wildman–Crippen LogP) is 4.19. The van der Waals surface area contributed by atoms with Crippen LogP contribution in [0.3, 0.4) is 0 Å². The third-order valence-electron chi connectivity index (χ3n) is 5.38. The van der Waals surface area contributed by atoms with Gasteiger partial charge in [0.15, 0.2) is 0 Å². The zero-order valence-electron chi connectivity index (χ0n) is 17.1. The molecule has 0 bridgehead atoms. The van der Waals surface area contributed by atoms with Crippen molar-refractivity contribution >= 4 is 34.8 Å². The van der Waals surface area contributed by atoms with E-state index in [9.17, 15) is 4.79 Å². The molecule has 1 atom stereocenters. The Bertz CT molecular complexity index is 1040. The van der Waals surface area contributed by atoms with Crippen LogP contribution in [0.15, 0.2) is 53.1 Å². The first-order valence-electron chi connectivity index (χ1n) is 10.1. The maximum Gasteiger partial charge on any atom is 0.241 e. The van der Waals surface area contributed by atoms with E-state index in [1.165, 1.54) is 0 Å². The van der Waals surface area contributed by atoms with E-state index in [1.807, 2.05) is 37.3 Å². The number of amides is 1. The minimum atomic E-state index is -0.276. The fourth-order valence-corrected chi connectivity index (χ4v) is 3.97. The fourth-order valence-electron chi connectivity index (χ4n) is 3.52. The number of carbonyl (C=O) groups is 1. The van der Waals surface area contributed by atoms with Crippen molar-refractivity contribution < 1.29 is 9.32 Å². The van der Waals surface area contributed by atoms with Crippen molar-refractivity contribution in [3.8, 4) is 11.4 Å². The SMILES string of the molecule is C[C@@H](C(=O)Nc1ccc(Cl)cc1Cl)N1CCN(Cc2nc(-c3ccccc3)no2)CC1. The highest BCUT2D eigenvalue weighted by molar-refractivity contribution is 6.36. The molecule has 7 nitrogen and oxygen atoms in total. The molecule has 1 aliphatic heterocycles. The molecule has 2 heterocycles. The lowest BCUT2D eigenvalue weighted by Gasteiger charge is -2.36. The van der Waals surface area contributed by atoms with Crippen molar-refractivity contribution in [1.29, 1.82) is 0 Å². The van der Waals surface area contributed by atoms with Crippen LogP contribution < -0.4 is 5.32 Å². The highest BCUT2D eigenvalue weighted by atomic mass is 35.5. The lowest BCUT2D eigenvalue weighted by molar-refractivity contribution is -0.121. The third-order valence-corrected chi connectivity index (χ3v) is 5.93. The molecule has 162 valence electrons. The summed E-state index contributed by atoms with van der Waals surface area (Å²) >= 11 is 12.1. The summed E-state index contributed by atoms with van der Waals surface area (Å²) in [5.41, 5.74) is 1.50. The molecule has 9 heteroatoms. The molecule has 1 amide bonds. The van der Waals surface area contributed by atoms with Crippen LogP contribution in [-0.4, -0.2) is 58.1 Å². The van der Waals surface area contributed by atoms with Crippen LogP contribution in [0.25, 0.3) is 11.4 Å². The van der Waals surface area contributed by atoms with Gasteiger partial charge in [0.2, 0.25) is 17.6 Å². The molecule has 0 saturated carbocycles. The summed E-state index contributed by atoms with van der Waals surface area (Å²) in [6, 6.07) is 14.5. The number of hydrogen-bond acceptors (Lipinski definition) is 6. The number of piperazine rings is 1. The molecule has 1 N–H and O–H groups in total. The van der Waals surface area contributed by atoms with Gasteiger partial charge in [-0.3, -0.25) is 14.6 Å². The number of aromatic nitrogens is 2. The fraction of sp³-hybridized carbons (Fsp3) is 0.318. The molecule has 1 aliphatic rings. The number of hydrogen-bond donors (Lipinski definition) is 1. The van der Waals surface area contributed by atoms with Gasteiger partial charge in [-0.25, -0.2) is 0 Å². The zero-order chi connectivity index (χ0) is 21.8. The minimum Gasteiger partial charge on any atom is -0.338 e. The molecule has 31 heavy (non-hydrogen) atoms. The Balaban J connectivity index is 1.28. The van der Waals surface area contributed by atoms with Gasteiger partial charge in [-0.05, 0) is 25.1 Å². The molecule has 0 spiro atoms. The largest absolute Gasteiger partial charge is 0.338 e. The van der Waals surface area contributed by atoms with Gasteiger partial charge in [0.25, 0.3) is 0 Å². The second-order valence-electron chi connectivity index (χ2n) is 7.48. The Hall–Kier alpha value is -2.45. The summed E-state index contributed by atoms with van der Waals surface area (Å²) in [4.78, 5) is 21.6. The van der Waals surface area contributed by atoms with Gasteiger partial charge < -0.3 is 9.84 Å². The van der Waals surface area contributed by atoms with Crippen molar-refractivity contribution in [2.45, 2.75) is 19.5 Å². The van der Waals surface area contributed by atoms with Crippen LogP contribution in [0.4, 0.5) is 5.69 Å². The van der Waals surface area contributed by atoms with Gasteiger partial charge in [0.1, 0.15) is 0 Å². The predicted molar refractivity (Wildman–Crippen MR) is 121 cm³/mol. The van der Waals surface area contributed by atoms with Crippen LogP contribution >= 0.6 is 23.2 Å². The van der Waals surface area contributed by atoms with E-state index in [1.54, 1.807) is 18.2 Å². The number of anilines is 1. The van der Waals surface area contributed by atoms with E-state index < -0.39 is 0 Å². The van der Waals surface area contributed by atoms with Crippen molar-refractivity contribution in [1.82, 2.24) is 19.9 Å². The Labute approximate surface area is 190 Å². The van der Waals surface area contributed by atoms with Gasteiger partial charge in [-0.2, -0.15) is 4.98 Å². The third kappa shape index (κ3) is 5.43. The molecule has 3 aromatic rings. The molecule has 0 radical (unpaired) electrons. The first kappa shape index (κ1) is 21.8. The molecule has 2 aromatic carbocycles. The van der Waals surface area contributed by atoms with Crippen molar-refractivity contribution in [3.63, 3.8) is 0 Å². The summed E-state index contributed by atoms with van der Waals surface area (Å²) in [5.74, 6) is 1.10. The van der Waals surface area contributed by atoms with Gasteiger partial charge >= 0.3 is 0 Å². The molecule has 0 unspecified atom stereocenters. The van der Waals surface area contributed by atoms with Crippen LogP contribution in [0.1, 0.15) is 12.8 Å². The number of nitrogens with one attached hydrogen (secondary N) is 1. The number of halogens is 2. The minimum absolute atomic E-state index is 0.0953. The quantitative estimate of drug-likeness (QED) is 0.595. The highest BCUT2D eigenvalue weighted by Gasteiger charge is 2.26. The smallest absolute Gasteiger partial charge is 0.241 e. The van der Waals surface area contributed by atoms with E-state index in [-0.39, 0.29) is 11.9 Å². The molecular formula is C22H23Cl2N5O2. The summed E-state index contributed by atoms with van der Waals surface area (Å²) in [7, 11) is 0. The summed E-state index contributed by atoms with van der Waals surface area (Å²) in [6.45, 7) is 5.64. The van der Waals surface area contributed by atoms with E-state index in [0.29, 0.717) is 34.0 Å². The van der Waals surface area contributed by atoms with Crippen LogP contribution in [0.2, 0.25) is 10.0 Å². The number of carbonyl (C=O) groups excluding carboxylic acids is 1. The van der Waals surface area contributed by atoms with Crippen molar-refractivity contribution in [2.24, 2.45) is 0 Å². The summed E-state index contributed by atoms with van der Waals surface area (Å²) < 4.78 is 5.42. The average molecular weight is 460 g/mol. The number of nitrogens with zero attached hydrogens (tertiary/aromatic N) is 4. The Morgan fingerprint density at radius 3 is 2.58 bits per heavy atom. The first-order chi connectivity index (χ1) is 15.0. The van der Waals surface area contributed by atoms with Crippen molar-refractivity contribution in [3.05, 3.63) is 64.5 Å². The molecule has 4 rings (SSSR count). The second kappa shape index (κ2) is 9.78. The van der Waals surface area contributed by atoms with Gasteiger partial charge in [0.05, 0.1) is 23.3 Å². The summed E-state index contributed by atoms with van der Waals surface area (Å²) in [6.07, 6.45) is 0. The molecule has 1 fully saturated rings. The van der Waals surface area contributed by atoms with Crippen LogP contribution in [-0.2, 0) is 11.3 Å². The van der Waals surface area contributed by atoms with Gasteiger partial charge in [0, 0.05) is 36.8 Å². The van der Waals surface area contributed by atoms with Crippen LogP contribution in [0.5, 0.6) is 0 Å². The van der Waals surface area contributed by atoms with E-state index in [0.717, 1.165) is 31.7 Å². The zero-order valence-corrected chi connectivity index (χ0v) is 18.6. The van der Waals surface area contributed by atoms with E-state index in [4.69, 9.17) is 27.7 Å². The molecule has 1 saturated heterocycles. The van der Waals surface area contributed by atoms with E-state index in [2.05, 4.69) is 25.3 Å². The standard InChI is InChI=1S/C22H23Cl2N5O2/c1-15(22(30)25-19-8-7-17(23)13-18(19)24)29-11-9-28(10-12-29)14-20-26-21(27-31-20)16-5-3-2-4-6-16/h2-8,13,15H,9-12,14H2,1H3,(H,25,30)/t15-/m0/s1. The lowest BCUT2D eigenvalue weighted by atomic mass is 10.2. The number of rotatable bonds is 6. The maximum atomic E-state index is 12.7. The molecule has 0 aliphatic carbocycles. The Morgan fingerprint density at radius 2 is 1.87 bits per heavy atom. The number of benzene rings is 2.